The number of ether oxygens (including phenoxy) is 2. The van der Waals surface area contributed by atoms with Gasteiger partial charge in [0.25, 0.3) is 0 Å². The van der Waals surface area contributed by atoms with E-state index < -0.39 is 29.4 Å². The molecular formula is C16H28N2O5. The van der Waals surface area contributed by atoms with Gasteiger partial charge < -0.3 is 14.6 Å². The normalized spacial score (nSPS) is 12.5. The van der Waals surface area contributed by atoms with Gasteiger partial charge in [-0.15, -0.1) is 0 Å². The quantitative estimate of drug-likeness (QED) is 0.600. The Morgan fingerprint density at radius 3 is 2.09 bits per heavy atom. The van der Waals surface area contributed by atoms with E-state index in [0.717, 1.165) is 5.01 Å². The number of hydrazine groups is 1. The first kappa shape index (κ1) is 21.1. The van der Waals surface area contributed by atoms with E-state index in [9.17, 15) is 9.59 Å². The number of nitrogens with zero attached hydrogens (tertiary/aromatic N) is 1. The van der Waals surface area contributed by atoms with E-state index >= 15 is 0 Å². The standard InChI is InChI=1S/C16H28N2O5/c1-12(10-8-9-11-19)18(14(21)23-16(5,6)7)17-13(20)22-15(2,3)4/h12,19H,9,11H2,1-7H3,(H,17,20). The number of nitrogens with one attached hydrogen (secondary N) is 1. The van der Waals surface area contributed by atoms with Crippen molar-refractivity contribution in [3.63, 3.8) is 0 Å². The minimum Gasteiger partial charge on any atom is -0.443 e. The van der Waals surface area contributed by atoms with Gasteiger partial charge in [0.2, 0.25) is 0 Å². The molecule has 0 spiro atoms. The molecule has 132 valence electrons. The zero-order valence-electron chi connectivity index (χ0n) is 15.0. The lowest BCUT2D eigenvalue weighted by Gasteiger charge is -2.30. The molecular weight excluding hydrogens is 300 g/mol. The summed E-state index contributed by atoms with van der Waals surface area (Å²) in [6.45, 7) is 11.9. The molecule has 0 saturated heterocycles. The molecule has 0 aromatic carbocycles. The van der Waals surface area contributed by atoms with Crippen LogP contribution in [0.5, 0.6) is 0 Å². The Morgan fingerprint density at radius 2 is 1.65 bits per heavy atom. The number of aliphatic hydroxyl groups excluding tert-OH is 1. The highest BCUT2D eigenvalue weighted by atomic mass is 16.6. The first-order valence-corrected chi connectivity index (χ1v) is 7.47. The van der Waals surface area contributed by atoms with Crippen molar-refractivity contribution in [2.24, 2.45) is 0 Å². The summed E-state index contributed by atoms with van der Waals surface area (Å²) < 4.78 is 10.4. The second kappa shape index (κ2) is 8.63. The topological polar surface area (TPSA) is 88.1 Å². The third-order valence-electron chi connectivity index (χ3n) is 2.14. The van der Waals surface area contributed by atoms with E-state index in [-0.39, 0.29) is 13.0 Å². The van der Waals surface area contributed by atoms with Crippen LogP contribution in [0.15, 0.2) is 0 Å². The van der Waals surface area contributed by atoms with Gasteiger partial charge in [0, 0.05) is 6.42 Å². The minimum absolute atomic E-state index is 0.0777. The van der Waals surface area contributed by atoms with E-state index in [1.165, 1.54) is 0 Å². The first-order chi connectivity index (χ1) is 10.4. The summed E-state index contributed by atoms with van der Waals surface area (Å²) in [4.78, 5) is 24.2. The van der Waals surface area contributed by atoms with Gasteiger partial charge in [0.15, 0.2) is 0 Å². The second-order valence-corrected chi connectivity index (χ2v) is 6.93. The van der Waals surface area contributed by atoms with E-state index in [0.29, 0.717) is 0 Å². The number of hydrogen-bond acceptors (Lipinski definition) is 5. The largest absolute Gasteiger partial charge is 0.443 e. The van der Waals surface area contributed by atoms with Gasteiger partial charge in [-0.05, 0) is 48.5 Å². The maximum absolute atomic E-state index is 12.3. The van der Waals surface area contributed by atoms with E-state index in [1.807, 2.05) is 0 Å². The molecule has 0 aliphatic heterocycles. The molecule has 7 heteroatoms. The molecule has 0 radical (unpaired) electrons. The average molecular weight is 328 g/mol. The highest BCUT2D eigenvalue weighted by Crippen LogP contribution is 2.12. The van der Waals surface area contributed by atoms with Crippen LogP contribution in [-0.4, -0.2) is 46.2 Å². The van der Waals surface area contributed by atoms with Crippen LogP contribution in [0.1, 0.15) is 54.9 Å². The molecule has 2 amide bonds. The molecule has 0 aromatic rings. The van der Waals surface area contributed by atoms with Crippen molar-refractivity contribution >= 4 is 12.2 Å². The van der Waals surface area contributed by atoms with E-state index in [1.54, 1.807) is 48.5 Å². The molecule has 0 fully saturated rings. The molecule has 23 heavy (non-hydrogen) atoms. The third-order valence-corrected chi connectivity index (χ3v) is 2.14. The number of hydrogen-bond donors (Lipinski definition) is 2. The van der Waals surface area contributed by atoms with Crippen LogP contribution in [0.25, 0.3) is 0 Å². The van der Waals surface area contributed by atoms with Crippen LogP contribution < -0.4 is 5.43 Å². The summed E-state index contributed by atoms with van der Waals surface area (Å²) in [5.74, 6) is 5.48. The maximum atomic E-state index is 12.3. The fourth-order valence-corrected chi connectivity index (χ4v) is 1.35. The summed E-state index contributed by atoms with van der Waals surface area (Å²) in [7, 11) is 0. The SMILES string of the molecule is CC(C#CCCO)N(NC(=O)OC(C)(C)C)C(=O)OC(C)(C)C. The molecule has 1 atom stereocenters. The van der Waals surface area contributed by atoms with Crippen molar-refractivity contribution in [1.82, 2.24) is 10.4 Å². The van der Waals surface area contributed by atoms with Crippen LogP contribution in [0, 0.1) is 11.8 Å². The van der Waals surface area contributed by atoms with Gasteiger partial charge in [-0.3, -0.25) is 0 Å². The maximum Gasteiger partial charge on any atom is 0.430 e. The van der Waals surface area contributed by atoms with Crippen molar-refractivity contribution < 1.29 is 24.2 Å². The van der Waals surface area contributed by atoms with Gasteiger partial charge in [0.1, 0.15) is 17.2 Å². The summed E-state index contributed by atoms with van der Waals surface area (Å²) in [5.41, 5.74) is 0.937. The number of carbonyl (C=O) groups excluding carboxylic acids is 2. The Morgan fingerprint density at radius 1 is 1.13 bits per heavy atom. The van der Waals surface area contributed by atoms with Gasteiger partial charge in [-0.1, -0.05) is 11.8 Å². The van der Waals surface area contributed by atoms with E-state index in [4.69, 9.17) is 14.6 Å². The summed E-state index contributed by atoms with van der Waals surface area (Å²) in [6.07, 6.45) is -1.24. The Bertz CT molecular complexity index is 466. The minimum atomic E-state index is -0.779. The number of aliphatic hydroxyl groups is 1. The summed E-state index contributed by atoms with van der Waals surface area (Å²) in [6, 6.07) is -0.649. The Balaban J connectivity index is 5.11. The fourth-order valence-electron chi connectivity index (χ4n) is 1.35. The average Bonchev–Trinajstić information content (AvgIpc) is 2.31. The fraction of sp³-hybridized carbons (Fsp3) is 0.750. The summed E-state index contributed by atoms with van der Waals surface area (Å²) >= 11 is 0. The molecule has 0 heterocycles. The lowest BCUT2D eigenvalue weighted by Crippen LogP contribution is -2.53. The number of carbonyl (C=O) groups is 2. The summed E-state index contributed by atoms with van der Waals surface area (Å²) in [5, 5.41) is 9.73. The van der Waals surface area contributed by atoms with Gasteiger partial charge in [-0.2, -0.15) is 0 Å². The predicted molar refractivity (Wildman–Crippen MR) is 86.4 cm³/mol. The molecule has 0 aromatic heterocycles. The Kier molecular flexibility index (Phi) is 7.90. The monoisotopic (exact) mass is 328 g/mol. The molecule has 7 nitrogen and oxygen atoms in total. The molecule has 2 N–H and O–H groups in total. The van der Waals surface area contributed by atoms with Crippen LogP contribution >= 0.6 is 0 Å². The molecule has 0 bridgehead atoms. The lowest BCUT2D eigenvalue weighted by atomic mass is 10.2. The third kappa shape index (κ3) is 10.4. The Labute approximate surface area is 138 Å². The van der Waals surface area contributed by atoms with E-state index in [2.05, 4.69) is 17.3 Å². The highest BCUT2D eigenvalue weighted by Gasteiger charge is 2.28. The lowest BCUT2D eigenvalue weighted by molar-refractivity contribution is -0.00260. The van der Waals surface area contributed by atoms with Gasteiger partial charge >= 0.3 is 12.2 Å². The number of amides is 2. The zero-order valence-corrected chi connectivity index (χ0v) is 15.0. The predicted octanol–water partition coefficient (Wildman–Crippen LogP) is 2.44. The Hall–Kier alpha value is -1.94. The second-order valence-electron chi connectivity index (χ2n) is 6.93. The van der Waals surface area contributed by atoms with Gasteiger partial charge in [0.05, 0.1) is 6.61 Å². The smallest absolute Gasteiger partial charge is 0.430 e. The van der Waals surface area contributed by atoms with Gasteiger partial charge in [-0.25, -0.2) is 20.0 Å². The van der Waals surface area contributed by atoms with Crippen LogP contribution in [0.2, 0.25) is 0 Å². The molecule has 0 saturated carbocycles. The van der Waals surface area contributed by atoms with Crippen LogP contribution in [0.4, 0.5) is 9.59 Å². The molecule has 0 aliphatic carbocycles. The van der Waals surface area contributed by atoms with Crippen molar-refractivity contribution in [1.29, 1.82) is 0 Å². The molecule has 1 unspecified atom stereocenters. The van der Waals surface area contributed by atoms with Crippen molar-refractivity contribution in [3.05, 3.63) is 0 Å². The highest BCUT2D eigenvalue weighted by molar-refractivity contribution is 5.75. The van der Waals surface area contributed by atoms with Crippen LogP contribution in [0.3, 0.4) is 0 Å². The zero-order chi connectivity index (χ0) is 18.3. The van der Waals surface area contributed by atoms with Crippen molar-refractivity contribution in [3.8, 4) is 11.8 Å². The number of rotatable bonds is 2. The first-order valence-electron chi connectivity index (χ1n) is 7.47. The van der Waals surface area contributed by atoms with Crippen molar-refractivity contribution in [2.75, 3.05) is 6.61 Å². The van der Waals surface area contributed by atoms with Crippen LogP contribution in [-0.2, 0) is 9.47 Å². The van der Waals surface area contributed by atoms with Crippen molar-refractivity contribution in [2.45, 2.75) is 72.1 Å². The molecule has 0 rings (SSSR count). The molecule has 0 aliphatic rings.